The highest BCUT2D eigenvalue weighted by Crippen LogP contribution is 2.34. The standard InChI is InChI=1S/C11H16N2O/c1-3-13-10-4-7(2)9(12)5-8(10)6-11(13)14/h4-5,11,14H,3,6,12H2,1-2H3. The van der Waals surface area contributed by atoms with Crippen LogP contribution in [0.25, 0.3) is 0 Å². The number of aliphatic hydroxyl groups excluding tert-OH is 1. The van der Waals surface area contributed by atoms with Gasteiger partial charge in [-0.05, 0) is 37.1 Å². The van der Waals surface area contributed by atoms with Crippen molar-refractivity contribution < 1.29 is 5.11 Å². The molecule has 0 saturated heterocycles. The number of aliphatic hydroxyl groups is 1. The van der Waals surface area contributed by atoms with Gasteiger partial charge in [0.2, 0.25) is 0 Å². The number of benzene rings is 1. The van der Waals surface area contributed by atoms with E-state index in [2.05, 4.69) is 6.07 Å². The van der Waals surface area contributed by atoms with E-state index in [1.165, 1.54) is 0 Å². The topological polar surface area (TPSA) is 49.5 Å². The van der Waals surface area contributed by atoms with Gasteiger partial charge in [0, 0.05) is 24.3 Å². The molecule has 2 rings (SSSR count). The average molecular weight is 192 g/mol. The van der Waals surface area contributed by atoms with Crippen LogP contribution in [-0.2, 0) is 6.42 Å². The van der Waals surface area contributed by atoms with E-state index in [0.29, 0.717) is 6.42 Å². The van der Waals surface area contributed by atoms with Crippen molar-refractivity contribution in [2.24, 2.45) is 0 Å². The van der Waals surface area contributed by atoms with E-state index in [0.717, 1.165) is 29.0 Å². The molecule has 1 atom stereocenters. The Balaban J connectivity index is 2.49. The number of nitrogens with zero attached hydrogens (tertiary/aromatic N) is 1. The van der Waals surface area contributed by atoms with Gasteiger partial charge in [-0.3, -0.25) is 0 Å². The molecule has 0 aromatic heterocycles. The predicted molar refractivity (Wildman–Crippen MR) is 58.3 cm³/mol. The van der Waals surface area contributed by atoms with Gasteiger partial charge in [0.25, 0.3) is 0 Å². The van der Waals surface area contributed by atoms with Gasteiger partial charge in [0.15, 0.2) is 0 Å². The zero-order valence-corrected chi connectivity index (χ0v) is 8.62. The number of likely N-dealkylation sites (N-methyl/N-ethyl adjacent to an activating group) is 1. The van der Waals surface area contributed by atoms with E-state index in [-0.39, 0.29) is 6.23 Å². The van der Waals surface area contributed by atoms with E-state index >= 15 is 0 Å². The van der Waals surface area contributed by atoms with Gasteiger partial charge in [0.1, 0.15) is 6.23 Å². The third-order valence-electron chi connectivity index (χ3n) is 2.88. The molecule has 1 unspecified atom stereocenters. The Hall–Kier alpha value is -1.22. The van der Waals surface area contributed by atoms with E-state index in [9.17, 15) is 5.11 Å². The Morgan fingerprint density at radius 3 is 2.93 bits per heavy atom. The molecule has 14 heavy (non-hydrogen) atoms. The molecule has 0 spiro atoms. The summed E-state index contributed by atoms with van der Waals surface area (Å²) >= 11 is 0. The maximum atomic E-state index is 9.78. The van der Waals surface area contributed by atoms with Crippen molar-refractivity contribution in [3.63, 3.8) is 0 Å². The average Bonchev–Trinajstić information content (AvgIpc) is 2.42. The first-order valence-electron chi connectivity index (χ1n) is 4.97. The lowest BCUT2D eigenvalue weighted by atomic mass is 10.1. The molecule has 0 fully saturated rings. The number of hydrogen-bond acceptors (Lipinski definition) is 3. The second kappa shape index (κ2) is 3.17. The van der Waals surface area contributed by atoms with Crippen molar-refractivity contribution in [3.8, 4) is 0 Å². The Morgan fingerprint density at radius 1 is 1.57 bits per heavy atom. The Bertz CT molecular complexity index is 363. The maximum absolute atomic E-state index is 9.78. The zero-order chi connectivity index (χ0) is 10.3. The number of hydrogen-bond donors (Lipinski definition) is 2. The van der Waals surface area contributed by atoms with Crippen LogP contribution in [-0.4, -0.2) is 17.9 Å². The van der Waals surface area contributed by atoms with Crippen LogP contribution < -0.4 is 10.6 Å². The van der Waals surface area contributed by atoms with Gasteiger partial charge in [-0.25, -0.2) is 0 Å². The smallest absolute Gasteiger partial charge is 0.131 e. The van der Waals surface area contributed by atoms with Crippen molar-refractivity contribution >= 4 is 11.4 Å². The first kappa shape index (κ1) is 9.34. The summed E-state index contributed by atoms with van der Waals surface area (Å²) in [6.45, 7) is 4.87. The molecule has 0 aliphatic carbocycles. The van der Waals surface area contributed by atoms with Gasteiger partial charge in [0.05, 0.1) is 0 Å². The summed E-state index contributed by atoms with van der Waals surface area (Å²) in [6, 6.07) is 4.04. The zero-order valence-electron chi connectivity index (χ0n) is 8.62. The number of anilines is 2. The first-order chi connectivity index (χ1) is 6.63. The van der Waals surface area contributed by atoms with Crippen molar-refractivity contribution in [1.29, 1.82) is 0 Å². The number of rotatable bonds is 1. The van der Waals surface area contributed by atoms with Crippen LogP contribution in [0.5, 0.6) is 0 Å². The maximum Gasteiger partial charge on any atom is 0.131 e. The molecule has 1 aromatic carbocycles. The molecule has 1 aromatic rings. The molecule has 1 aliphatic heterocycles. The fourth-order valence-electron chi connectivity index (χ4n) is 2.04. The van der Waals surface area contributed by atoms with Crippen molar-refractivity contribution in [2.45, 2.75) is 26.5 Å². The molecule has 76 valence electrons. The van der Waals surface area contributed by atoms with Crippen LogP contribution in [0.15, 0.2) is 12.1 Å². The fraction of sp³-hybridized carbons (Fsp3) is 0.455. The quantitative estimate of drug-likeness (QED) is 0.659. The summed E-state index contributed by atoms with van der Waals surface area (Å²) in [7, 11) is 0. The van der Waals surface area contributed by atoms with Crippen molar-refractivity contribution in [1.82, 2.24) is 0 Å². The molecule has 0 amide bonds. The van der Waals surface area contributed by atoms with Crippen LogP contribution in [0.3, 0.4) is 0 Å². The highest BCUT2D eigenvalue weighted by Gasteiger charge is 2.26. The molecule has 0 saturated carbocycles. The largest absolute Gasteiger partial charge is 0.399 e. The van der Waals surface area contributed by atoms with E-state index in [4.69, 9.17) is 5.73 Å². The Morgan fingerprint density at radius 2 is 2.29 bits per heavy atom. The molecule has 3 nitrogen and oxygen atoms in total. The third-order valence-corrected chi connectivity index (χ3v) is 2.88. The minimum atomic E-state index is -0.379. The summed E-state index contributed by atoms with van der Waals surface area (Å²) < 4.78 is 0. The van der Waals surface area contributed by atoms with E-state index < -0.39 is 0 Å². The second-order valence-corrected chi connectivity index (χ2v) is 3.81. The van der Waals surface area contributed by atoms with Crippen molar-refractivity contribution in [3.05, 3.63) is 23.3 Å². The highest BCUT2D eigenvalue weighted by molar-refractivity contribution is 5.66. The lowest BCUT2D eigenvalue weighted by molar-refractivity contribution is 0.180. The minimum Gasteiger partial charge on any atom is -0.399 e. The van der Waals surface area contributed by atoms with Crippen LogP contribution in [0.4, 0.5) is 11.4 Å². The number of nitrogens with two attached hydrogens (primary N) is 1. The van der Waals surface area contributed by atoms with Gasteiger partial charge < -0.3 is 15.7 Å². The Kier molecular flexibility index (Phi) is 2.11. The van der Waals surface area contributed by atoms with Crippen LogP contribution in [0, 0.1) is 6.92 Å². The third kappa shape index (κ3) is 1.24. The lowest BCUT2D eigenvalue weighted by Crippen LogP contribution is -2.31. The number of aryl methyl sites for hydroxylation is 1. The fourth-order valence-corrected chi connectivity index (χ4v) is 2.04. The van der Waals surface area contributed by atoms with Gasteiger partial charge in [-0.2, -0.15) is 0 Å². The normalized spacial score (nSPS) is 19.9. The number of fused-ring (bicyclic) bond motifs is 1. The molecule has 0 radical (unpaired) electrons. The van der Waals surface area contributed by atoms with Gasteiger partial charge in [-0.15, -0.1) is 0 Å². The van der Waals surface area contributed by atoms with Crippen LogP contribution >= 0.6 is 0 Å². The lowest BCUT2D eigenvalue weighted by Gasteiger charge is -2.21. The molecule has 3 heteroatoms. The van der Waals surface area contributed by atoms with Crippen LogP contribution in [0.1, 0.15) is 18.1 Å². The van der Waals surface area contributed by atoms with Gasteiger partial charge in [-0.1, -0.05) is 0 Å². The number of nitrogen functional groups attached to an aromatic ring is 1. The molecule has 0 bridgehead atoms. The summed E-state index contributed by atoms with van der Waals surface area (Å²) in [5.74, 6) is 0. The summed E-state index contributed by atoms with van der Waals surface area (Å²) in [4.78, 5) is 2.00. The second-order valence-electron chi connectivity index (χ2n) is 3.81. The molecular formula is C11H16N2O. The molecule has 1 heterocycles. The van der Waals surface area contributed by atoms with Crippen LogP contribution in [0.2, 0.25) is 0 Å². The molecular weight excluding hydrogens is 176 g/mol. The molecule has 3 N–H and O–H groups in total. The highest BCUT2D eigenvalue weighted by atomic mass is 16.3. The SMILES string of the molecule is CCN1c2cc(C)c(N)cc2CC1O. The molecule has 1 aliphatic rings. The van der Waals surface area contributed by atoms with Gasteiger partial charge >= 0.3 is 0 Å². The van der Waals surface area contributed by atoms with E-state index in [1.54, 1.807) is 0 Å². The monoisotopic (exact) mass is 192 g/mol. The first-order valence-corrected chi connectivity index (χ1v) is 4.97. The summed E-state index contributed by atoms with van der Waals surface area (Å²) in [5.41, 5.74) is 10.0. The minimum absolute atomic E-state index is 0.379. The summed E-state index contributed by atoms with van der Waals surface area (Å²) in [6.07, 6.45) is 0.310. The predicted octanol–water partition coefficient (Wildman–Crippen LogP) is 1.28. The van der Waals surface area contributed by atoms with Crippen molar-refractivity contribution in [2.75, 3.05) is 17.2 Å². The van der Waals surface area contributed by atoms with E-state index in [1.807, 2.05) is 24.8 Å². The summed E-state index contributed by atoms with van der Waals surface area (Å²) in [5, 5.41) is 9.78. The Labute approximate surface area is 84.1 Å².